The Kier molecular flexibility index (Phi) is 4.77. The molecular formula is C13H18Cl2N2OS. The topological polar surface area (TPSA) is 32.3 Å². The van der Waals surface area contributed by atoms with Crippen LogP contribution in [0.2, 0.25) is 4.34 Å². The number of carbonyl (C=O) groups excluding carboxylic acids is 1. The maximum Gasteiger partial charge on any atom is 0.230 e. The first-order valence-corrected chi connectivity index (χ1v) is 7.59. The van der Waals surface area contributed by atoms with Crippen molar-refractivity contribution >= 4 is 41.3 Å². The summed E-state index contributed by atoms with van der Waals surface area (Å²) in [5, 5.41) is 3.39. The molecule has 6 heteroatoms. The van der Waals surface area contributed by atoms with Crippen LogP contribution in [0.5, 0.6) is 0 Å². The lowest BCUT2D eigenvalue weighted by Gasteiger charge is -2.21. The van der Waals surface area contributed by atoms with E-state index in [4.69, 9.17) is 11.6 Å². The number of hydrogen-bond donors (Lipinski definition) is 1. The summed E-state index contributed by atoms with van der Waals surface area (Å²) in [7, 11) is 0. The molecule has 3 nitrogen and oxygen atoms in total. The number of rotatable bonds is 2. The number of likely N-dealkylation sites (tertiary alicyclic amines) is 1. The van der Waals surface area contributed by atoms with Crippen LogP contribution in [0.15, 0.2) is 12.1 Å². The van der Waals surface area contributed by atoms with E-state index >= 15 is 0 Å². The predicted molar refractivity (Wildman–Crippen MR) is 81.4 cm³/mol. The number of hydrogen-bond acceptors (Lipinski definition) is 3. The lowest BCUT2D eigenvalue weighted by atomic mass is 10.0. The molecule has 1 unspecified atom stereocenters. The highest BCUT2D eigenvalue weighted by atomic mass is 35.5. The van der Waals surface area contributed by atoms with Crippen LogP contribution in [0, 0.1) is 11.8 Å². The van der Waals surface area contributed by atoms with Gasteiger partial charge in [-0.2, -0.15) is 0 Å². The van der Waals surface area contributed by atoms with Gasteiger partial charge in [0.15, 0.2) is 0 Å². The molecule has 0 aliphatic carbocycles. The van der Waals surface area contributed by atoms with Gasteiger partial charge in [0.2, 0.25) is 5.91 Å². The minimum absolute atomic E-state index is 0. The Morgan fingerprint density at radius 1 is 1.42 bits per heavy atom. The number of halogens is 2. The second-order valence-electron chi connectivity index (χ2n) is 5.29. The average molecular weight is 321 g/mol. The third-order valence-electron chi connectivity index (χ3n) is 4.09. The summed E-state index contributed by atoms with van der Waals surface area (Å²) in [5.41, 5.74) is 0. The lowest BCUT2D eigenvalue weighted by molar-refractivity contribution is -0.131. The summed E-state index contributed by atoms with van der Waals surface area (Å²) < 4.78 is 0.757. The maximum atomic E-state index is 12.5. The van der Waals surface area contributed by atoms with Crippen molar-refractivity contribution in [2.24, 2.45) is 11.8 Å². The number of thiophene rings is 1. The van der Waals surface area contributed by atoms with Gasteiger partial charge in [-0.05, 0) is 30.9 Å². The van der Waals surface area contributed by atoms with Crippen LogP contribution in [0.4, 0.5) is 0 Å². The highest BCUT2D eigenvalue weighted by Gasteiger charge is 2.39. The van der Waals surface area contributed by atoms with Gasteiger partial charge in [-0.15, -0.1) is 23.7 Å². The third kappa shape index (κ3) is 2.92. The second-order valence-corrected chi connectivity index (χ2v) is 7.03. The molecule has 19 heavy (non-hydrogen) atoms. The van der Waals surface area contributed by atoms with Crippen LogP contribution in [0.3, 0.4) is 0 Å². The molecule has 106 valence electrons. The van der Waals surface area contributed by atoms with Crippen molar-refractivity contribution in [3.05, 3.63) is 21.3 Å². The van der Waals surface area contributed by atoms with Crippen molar-refractivity contribution in [3.63, 3.8) is 0 Å². The zero-order chi connectivity index (χ0) is 12.7. The van der Waals surface area contributed by atoms with E-state index in [-0.39, 0.29) is 24.2 Å². The van der Waals surface area contributed by atoms with Gasteiger partial charge in [0.25, 0.3) is 0 Å². The first-order valence-electron chi connectivity index (χ1n) is 6.40. The Labute approximate surface area is 128 Å². The first kappa shape index (κ1) is 15.1. The smallest absolute Gasteiger partial charge is 0.230 e. The Bertz CT molecular complexity index is 453. The molecule has 1 N–H and O–H groups in total. The van der Waals surface area contributed by atoms with Gasteiger partial charge in [0, 0.05) is 31.1 Å². The number of nitrogens with one attached hydrogen (secondary N) is 1. The van der Waals surface area contributed by atoms with Gasteiger partial charge in [-0.1, -0.05) is 11.6 Å². The fraction of sp³-hybridized carbons (Fsp3) is 0.615. The van der Waals surface area contributed by atoms with E-state index in [9.17, 15) is 4.79 Å². The monoisotopic (exact) mass is 320 g/mol. The molecule has 0 radical (unpaired) electrons. The molecule has 2 aliphatic rings. The summed E-state index contributed by atoms with van der Waals surface area (Å²) in [6, 6.07) is 3.84. The van der Waals surface area contributed by atoms with Crippen molar-refractivity contribution in [3.8, 4) is 0 Å². The van der Waals surface area contributed by atoms with Crippen LogP contribution in [-0.2, 0) is 4.79 Å². The molecule has 1 aromatic rings. The molecule has 0 bridgehead atoms. The van der Waals surface area contributed by atoms with E-state index in [0.29, 0.717) is 11.8 Å². The minimum Gasteiger partial charge on any atom is -0.341 e. The fourth-order valence-corrected chi connectivity index (χ4v) is 4.10. The number of carbonyl (C=O) groups is 1. The van der Waals surface area contributed by atoms with Crippen molar-refractivity contribution in [2.75, 3.05) is 26.2 Å². The number of amides is 1. The van der Waals surface area contributed by atoms with E-state index < -0.39 is 0 Å². The van der Waals surface area contributed by atoms with Gasteiger partial charge in [0.05, 0.1) is 10.3 Å². The second kappa shape index (κ2) is 6.00. The summed E-state index contributed by atoms with van der Waals surface area (Å²) in [6.45, 7) is 5.94. The molecule has 0 aromatic carbocycles. The summed E-state index contributed by atoms with van der Waals surface area (Å²) in [6.07, 6.45) is 0. The van der Waals surface area contributed by atoms with Crippen molar-refractivity contribution in [1.29, 1.82) is 0 Å². The molecule has 0 spiro atoms. The molecule has 0 saturated carbocycles. The Balaban J connectivity index is 0.00000133. The number of fused-ring (bicyclic) bond motifs is 1. The SMILES string of the molecule is CC(C(=O)N1C[C@H]2CNC[C@H]2C1)c1ccc(Cl)s1.Cl. The standard InChI is InChI=1S/C13H17ClN2OS.ClH/c1-8(11-2-3-12(14)18-11)13(17)16-6-9-4-15-5-10(9)7-16;/h2-3,8-10,15H,4-7H2,1H3;1H/t8?,9-,10+;. The molecule has 1 amide bonds. The van der Waals surface area contributed by atoms with Crippen LogP contribution in [0.25, 0.3) is 0 Å². The first-order chi connectivity index (χ1) is 8.65. The van der Waals surface area contributed by atoms with E-state index in [1.807, 2.05) is 24.0 Å². The Hall–Kier alpha value is -0.290. The van der Waals surface area contributed by atoms with Crippen LogP contribution < -0.4 is 5.32 Å². The van der Waals surface area contributed by atoms with Crippen molar-refractivity contribution < 1.29 is 4.79 Å². The Morgan fingerprint density at radius 3 is 2.58 bits per heavy atom. The average Bonchev–Trinajstić information content (AvgIpc) is 3.00. The summed E-state index contributed by atoms with van der Waals surface area (Å²) in [4.78, 5) is 15.6. The molecule has 1 aromatic heterocycles. The Morgan fingerprint density at radius 2 is 2.05 bits per heavy atom. The van der Waals surface area contributed by atoms with Gasteiger partial charge >= 0.3 is 0 Å². The molecule has 3 rings (SSSR count). The normalized spacial score (nSPS) is 26.9. The van der Waals surface area contributed by atoms with Crippen molar-refractivity contribution in [2.45, 2.75) is 12.8 Å². The molecular weight excluding hydrogens is 303 g/mol. The van der Waals surface area contributed by atoms with Gasteiger partial charge in [0.1, 0.15) is 0 Å². The van der Waals surface area contributed by atoms with E-state index in [0.717, 1.165) is 35.4 Å². The molecule has 2 saturated heterocycles. The highest BCUT2D eigenvalue weighted by molar-refractivity contribution is 7.16. The molecule has 2 aliphatic heterocycles. The van der Waals surface area contributed by atoms with E-state index in [1.165, 1.54) is 11.3 Å². The summed E-state index contributed by atoms with van der Waals surface area (Å²) in [5.74, 6) is 1.51. The zero-order valence-corrected chi connectivity index (χ0v) is 13.2. The van der Waals surface area contributed by atoms with Crippen LogP contribution in [0.1, 0.15) is 17.7 Å². The van der Waals surface area contributed by atoms with E-state index in [1.54, 1.807) is 0 Å². The van der Waals surface area contributed by atoms with Crippen LogP contribution in [-0.4, -0.2) is 37.0 Å². The molecule has 2 fully saturated rings. The maximum absolute atomic E-state index is 12.5. The largest absolute Gasteiger partial charge is 0.341 e. The van der Waals surface area contributed by atoms with Gasteiger partial charge < -0.3 is 10.2 Å². The molecule has 3 heterocycles. The quantitative estimate of drug-likeness (QED) is 0.908. The third-order valence-corrected chi connectivity index (χ3v) is 5.51. The van der Waals surface area contributed by atoms with Crippen molar-refractivity contribution in [1.82, 2.24) is 10.2 Å². The lowest BCUT2D eigenvalue weighted by Crippen LogP contribution is -2.34. The zero-order valence-electron chi connectivity index (χ0n) is 10.8. The van der Waals surface area contributed by atoms with Gasteiger partial charge in [-0.3, -0.25) is 4.79 Å². The fourth-order valence-electron chi connectivity index (χ4n) is 2.99. The minimum atomic E-state index is -0.0608. The highest BCUT2D eigenvalue weighted by Crippen LogP contribution is 2.32. The molecule has 3 atom stereocenters. The number of nitrogens with zero attached hydrogens (tertiary/aromatic N) is 1. The summed E-state index contributed by atoms with van der Waals surface area (Å²) >= 11 is 7.44. The van der Waals surface area contributed by atoms with Crippen LogP contribution >= 0.6 is 35.3 Å². The predicted octanol–water partition coefficient (Wildman–Crippen LogP) is 2.60. The van der Waals surface area contributed by atoms with Gasteiger partial charge in [-0.25, -0.2) is 0 Å². The van der Waals surface area contributed by atoms with E-state index in [2.05, 4.69) is 5.32 Å².